The van der Waals surface area contributed by atoms with Gasteiger partial charge in [0.05, 0.1) is 35.7 Å². The zero-order chi connectivity index (χ0) is 19.2. The second-order valence-electron chi connectivity index (χ2n) is 6.54. The van der Waals surface area contributed by atoms with E-state index in [0.717, 1.165) is 6.08 Å². The van der Waals surface area contributed by atoms with E-state index in [1.807, 2.05) is 0 Å². The molecule has 0 aliphatic heterocycles. The highest BCUT2D eigenvalue weighted by Crippen LogP contribution is 2.49. The number of aliphatic hydroxyl groups is 1. The quantitative estimate of drug-likeness (QED) is 0.490. The molecule has 0 fully saturated rings. The molecular formula is C19H18O7. The highest BCUT2D eigenvalue weighted by atomic mass is 16.5. The second-order valence-corrected chi connectivity index (χ2v) is 6.54. The van der Waals surface area contributed by atoms with Crippen molar-refractivity contribution < 1.29 is 34.8 Å². The summed E-state index contributed by atoms with van der Waals surface area (Å²) in [5.41, 5.74) is -1.42. The van der Waals surface area contributed by atoms with Crippen LogP contribution in [0.1, 0.15) is 35.2 Å². The van der Waals surface area contributed by atoms with Gasteiger partial charge in [0.25, 0.3) is 0 Å². The Labute approximate surface area is 148 Å². The van der Waals surface area contributed by atoms with E-state index in [-0.39, 0.29) is 34.4 Å². The predicted molar refractivity (Wildman–Crippen MR) is 92.3 cm³/mol. The van der Waals surface area contributed by atoms with Crippen molar-refractivity contribution in [2.45, 2.75) is 24.9 Å². The van der Waals surface area contributed by atoms with Crippen LogP contribution in [0.5, 0.6) is 11.5 Å². The predicted octanol–water partition coefficient (Wildman–Crippen LogP) is 2.29. The number of aliphatic carboxylic acids is 1. The highest BCUT2D eigenvalue weighted by molar-refractivity contribution is 6.09. The van der Waals surface area contributed by atoms with Crippen molar-refractivity contribution in [3.8, 4) is 11.5 Å². The van der Waals surface area contributed by atoms with E-state index in [0.29, 0.717) is 5.39 Å². The van der Waals surface area contributed by atoms with Crippen LogP contribution in [0, 0.1) is 0 Å². The van der Waals surface area contributed by atoms with Crippen molar-refractivity contribution in [3.63, 3.8) is 0 Å². The van der Waals surface area contributed by atoms with Crippen LogP contribution in [-0.4, -0.2) is 44.9 Å². The minimum absolute atomic E-state index is 0.0462. The van der Waals surface area contributed by atoms with Gasteiger partial charge in [0.1, 0.15) is 17.3 Å². The highest BCUT2D eigenvalue weighted by Gasteiger charge is 2.46. The largest absolute Gasteiger partial charge is 0.507 e. The molecule has 2 aromatic carbocycles. The van der Waals surface area contributed by atoms with Crippen LogP contribution >= 0.6 is 0 Å². The van der Waals surface area contributed by atoms with Gasteiger partial charge in [0.2, 0.25) is 0 Å². The summed E-state index contributed by atoms with van der Waals surface area (Å²) in [7, 11) is 1.27. The minimum Gasteiger partial charge on any atom is -0.507 e. The first-order chi connectivity index (χ1) is 12.2. The average molecular weight is 358 g/mol. The Kier molecular flexibility index (Phi) is 4.12. The molecule has 0 saturated carbocycles. The van der Waals surface area contributed by atoms with E-state index in [9.17, 15) is 24.9 Å². The maximum absolute atomic E-state index is 12.6. The number of hydrogen-bond acceptors (Lipinski definition) is 6. The second kappa shape index (κ2) is 6.03. The Morgan fingerprint density at radius 2 is 2.04 bits per heavy atom. The lowest BCUT2D eigenvalue weighted by molar-refractivity contribution is -0.131. The molecule has 0 heterocycles. The van der Waals surface area contributed by atoms with Crippen molar-refractivity contribution in [1.82, 2.24) is 0 Å². The third-order valence-electron chi connectivity index (χ3n) is 4.66. The van der Waals surface area contributed by atoms with Gasteiger partial charge in [-0.25, -0.2) is 4.79 Å². The number of fused-ring (bicyclic) bond motifs is 2. The molecule has 2 aromatic rings. The third kappa shape index (κ3) is 2.66. The van der Waals surface area contributed by atoms with Gasteiger partial charge in [-0.1, -0.05) is 12.1 Å². The smallest absolute Gasteiger partial charge is 0.331 e. The van der Waals surface area contributed by atoms with E-state index in [2.05, 4.69) is 0 Å². The Morgan fingerprint density at radius 1 is 1.35 bits per heavy atom. The number of Topliss-reactive ketones (excluding diaryl/α,β-unsaturated/α-hetero) is 1. The van der Waals surface area contributed by atoms with Gasteiger partial charge in [-0.3, -0.25) is 4.79 Å². The lowest BCUT2D eigenvalue weighted by atomic mass is 9.70. The summed E-state index contributed by atoms with van der Waals surface area (Å²) in [4.78, 5) is 23.7. The molecule has 2 atom stereocenters. The molecule has 136 valence electrons. The van der Waals surface area contributed by atoms with Crippen LogP contribution in [0.2, 0.25) is 0 Å². The van der Waals surface area contributed by atoms with Crippen LogP contribution in [0.25, 0.3) is 10.8 Å². The number of ketones is 1. The first kappa shape index (κ1) is 17.8. The topological polar surface area (TPSA) is 124 Å². The molecule has 1 aliphatic carbocycles. The fraction of sp³-hybridized carbons (Fsp3) is 0.263. The number of rotatable bonds is 3. The Balaban J connectivity index is 2.39. The number of carboxylic acids is 1. The fourth-order valence-electron chi connectivity index (χ4n) is 3.65. The van der Waals surface area contributed by atoms with E-state index < -0.39 is 29.0 Å². The number of carbonyl (C=O) groups is 2. The van der Waals surface area contributed by atoms with Crippen LogP contribution in [0.3, 0.4) is 0 Å². The van der Waals surface area contributed by atoms with Gasteiger partial charge in [-0.2, -0.15) is 0 Å². The molecule has 4 N–H and O–H groups in total. The summed E-state index contributed by atoms with van der Waals surface area (Å²) < 4.78 is 5.18. The maximum Gasteiger partial charge on any atom is 0.331 e. The number of ether oxygens (including phenoxy) is 1. The summed E-state index contributed by atoms with van der Waals surface area (Å²) in [5.74, 6) is -3.37. The standard InChI is InChI=1S/C19H18O7/c1-19(25)8-12(21)16-10(17(19)13(26-2)7-14(22)23)6-9-4-3-5-11(20)15(9)18(16)24/h3-7,17,20,24-25H,8H2,1-2H3,(H,22,23)/t17-,19+/m1/s1. The average Bonchev–Trinajstić information content (AvgIpc) is 2.51. The van der Waals surface area contributed by atoms with Crippen LogP contribution in [0.15, 0.2) is 36.1 Å². The molecule has 0 spiro atoms. The Bertz CT molecular complexity index is 956. The zero-order valence-electron chi connectivity index (χ0n) is 14.2. The van der Waals surface area contributed by atoms with E-state index in [1.165, 1.54) is 20.1 Å². The molecule has 0 radical (unpaired) electrons. The molecule has 7 nitrogen and oxygen atoms in total. The number of carbonyl (C=O) groups excluding carboxylic acids is 1. The van der Waals surface area contributed by atoms with Crippen LogP contribution in [0.4, 0.5) is 0 Å². The summed E-state index contributed by atoms with van der Waals surface area (Å²) in [6.07, 6.45) is 0.486. The molecule has 0 saturated heterocycles. The molecule has 0 unspecified atom stereocenters. The number of phenolic OH excluding ortho intramolecular Hbond substituents is 2. The monoisotopic (exact) mass is 358 g/mol. The first-order valence-electron chi connectivity index (χ1n) is 7.89. The SMILES string of the molecule is COC(=CC(=O)O)[C@H]1c2cc3cccc(O)c3c(O)c2C(=O)C[C@]1(C)O. The summed E-state index contributed by atoms with van der Waals surface area (Å²) >= 11 is 0. The fourth-order valence-corrected chi connectivity index (χ4v) is 3.65. The summed E-state index contributed by atoms with van der Waals surface area (Å²) in [5, 5.41) is 41.2. The molecular weight excluding hydrogens is 340 g/mol. The van der Waals surface area contributed by atoms with Crippen molar-refractivity contribution in [2.24, 2.45) is 0 Å². The number of methoxy groups -OCH3 is 1. The molecule has 0 bridgehead atoms. The number of carboxylic acid groups (broad SMARTS) is 1. The number of hydrogen-bond donors (Lipinski definition) is 4. The maximum atomic E-state index is 12.6. The minimum atomic E-state index is -1.61. The van der Waals surface area contributed by atoms with Gasteiger partial charge >= 0.3 is 5.97 Å². The third-order valence-corrected chi connectivity index (χ3v) is 4.66. The molecule has 7 heteroatoms. The molecule has 1 aliphatic rings. The van der Waals surface area contributed by atoms with Crippen LogP contribution < -0.4 is 0 Å². The molecule has 26 heavy (non-hydrogen) atoms. The van der Waals surface area contributed by atoms with Crippen molar-refractivity contribution in [2.75, 3.05) is 7.11 Å². The normalized spacial score (nSPS) is 23.0. The van der Waals surface area contributed by atoms with Crippen LogP contribution in [-0.2, 0) is 9.53 Å². The number of aromatic hydroxyl groups is 2. The summed E-state index contributed by atoms with van der Waals surface area (Å²) in [6.45, 7) is 1.41. The van der Waals surface area contributed by atoms with Crippen molar-refractivity contribution in [3.05, 3.63) is 47.2 Å². The molecule has 0 aromatic heterocycles. The van der Waals surface area contributed by atoms with Gasteiger partial charge in [0, 0.05) is 6.42 Å². The van der Waals surface area contributed by atoms with Gasteiger partial charge in [0.15, 0.2) is 5.78 Å². The van der Waals surface area contributed by atoms with Crippen molar-refractivity contribution >= 4 is 22.5 Å². The number of benzene rings is 2. The van der Waals surface area contributed by atoms with E-state index in [1.54, 1.807) is 18.2 Å². The molecule has 0 amide bonds. The lowest BCUT2D eigenvalue weighted by Gasteiger charge is -2.38. The van der Waals surface area contributed by atoms with Gasteiger partial charge in [-0.15, -0.1) is 0 Å². The molecule has 3 rings (SSSR count). The first-order valence-corrected chi connectivity index (χ1v) is 7.89. The zero-order valence-corrected chi connectivity index (χ0v) is 14.2. The summed E-state index contributed by atoms with van der Waals surface area (Å²) in [6, 6.07) is 6.15. The van der Waals surface area contributed by atoms with E-state index >= 15 is 0 Å². The Hall–Kier alpha value is -3.06. The van der Waals surface area contributed by atoms with Crippen molar-refractivity contribution in [1.29, 1.82) is 0 Å². The van der Waals surface area contributed by atoms with Gasteiger partial charge in [-0.05, 0) is 30.0 Å². The van der Waals surface area contributed by atoms with E-state index in [4.69, 9.17) is 9.84 Å². The lowest BCUT2D eigenvalue weighted by Crippen LogP contribution is -2.41. The van der Waals surface area contributed by atoms with Gasteiger partial charge < -0.3 is 25.2 Å². The Morgan fingerprint density at radius 3 is 2.65 bits per heavy atom. The number of phenols is 2.